The van der Waals surface area contributed by atoms with Gasteiger partial charge in [0.2, 0.25) is 0 Å². The summed E-state index contributed by atoms with van der Waals surface area (Å²) >= 11 is 6.19. The number of anilines is 2. The second-order valence-electron chi connectivity index (χ2n) is 9.59. The highest BCUT2D eigenvalue weighted by molar-refractivity contribution is 6.33. The predicted molar refractivity (Wildman–Crippen MR) is 140 cm³/mol. The highest BCUT2D eigenvalue weighted by Gasteiger charge is 2.26. The van der Waals surface area contributed by atoms with E-state index in [9.17, 15) is 9.59 Å². The average Bonchev–Trinajstić information content (AvgIpc) is 3.29. The molecule has 1 fully saturated rings. The normalized spacial score (nSPS) is 19.3. The van der Waals surface area contributed by atoms with Crippen LogP contribution < -0.4 is 10.2 Å². The van der Waals surface area contributed by atoms with E-state index < -0.39 is 5.97 Å². The van der Waals surface area contributed by atoms with Gasteiger partial charge in [-0.2, -0.15) is 0 Å². The van der Waals surface area contributed by atoms with E-state index >= 15 is 0 Å². The van der Waals surface area contributed by atoms with Crippen LogP contribution in [0.2, 0.25) is 5.02 Å². The van der Waals surface area contributed by atoms with Crippen LogP contribution in [0.4, 0.5) is 16.2 Å². The van der Waals surface area contributed by atoms with Crippen molar-refractivity contribution in [2.24, 2.45) is 5.92 Å². The van der Waals surface area contributed by atoms with Gasteiger partial charge in [0, 0.05) is 18.7 Å². The van der Waals surface area contributed by atoms with Gasteiger partial charge in [-0.05, 0) is 90.5 Å². The van der Waals surface area contributed by atoms with Gasteiger partial charge in [-0.3, -0.25) is 9.69 Å². The summed E-state index contributed by atoms with van der Waals surface area (Å²) in [6.45, 7) is 0.637. The van der Waals surface area contributed by atoms with Crippen LogP contribution in [-0.2, 0) is 11.2 Å². The number of nitrogens with one attached hydrogen (secondary N) is 1. The second-order valence-corrected chi connectivity index (χ2v) is 10.00. The number of carboxylic acid groups (broad SMARTS) is 1. The topological polar surface area (TPSA) is 69.6 Å². The predicted octanol–water partition coefficient (Wildman–Crippen LogP) is 7.35. The largest absolute Gasteiger partial charge is 0.481 e. The number of carbonyl (C=O) groups excluding carboxylic acids is 1. The molecule has 3 aromatic rings. The van der Waals surface area contributed by atoms with Crippen molar-refractivity contribution in [2.75, 3.05) is 16.8 Å². The van der Waals surface area contributed by atoms with Gasteiger partial charge in [-0.15, -0.1) is 0 Å². The molecule has 1 saturated carbocycles. The van der Waals surface area contributed by atoms with Gasteiger partial charge in [-0.1, -0.05) is 54.1 Å². The van der Waals surface area contributed by atoms with E-state index in [1.54, 1.807) is 17.0 Å². The number of carboxylic acids is 1. The molecule has 1 aliphatic heterocycles. The summed E-state index contributed by atoms with van der Waals surface area (Å²) in [6, 6.07) is 22.1. The molecular formula is C29H29ClN2O3. The Morgan fingerprint density at radius 3 is 2.37 bits per heavy atom. The fraction of sp³-hybridized carbons (Fsp3) is 0.310. The molecular weight excluding hydrogens is 460 g/mol. The Labute approximate surface area is 210 Å². The van der Waals surface area contributed by atoms with Gasteiger partial charge in [0.15, 0.2) is 0 Å². The molecule has 0 aromatic heterocycles. The molecule has 0 spiro atoms. The standard InChI is InChI=1S/C29H29ClN2O3/c30-25-3-1-2-4-26(25)31-29(35)32-16-15-24-18-23(13-14-27(24)32)22-11-9-21(10-12-22)20-7-5-19(6-8-20)17-28(33)34/h1-4,9-14,18-20H,5-8,15-17H2,(H,31,35)(H,33,34)/t19-,20-. The molecule has 2 N–H and O–H groups in total. The molecule has 1 aliphatic carbocycles. The Morgan fingerprint density at radius 1 is 0.943 bits per heavy atom. The van der Waals surface area contributed by atoms with Crippen molar-refractivity contribution in [3.63, 3.8) is 0 Å². The minimum atomic E-state index is -0.684. The molecule has 0 atom stereocenters. The summed E-state index contributed by atoms with van der Waals surface area (Å²) in [4.78, 5) is 25.6. The summed E-state index contributed by atoms with van der Waals surface area (Å²) in [5, 5.41) is 12.5. The number of hydrogen-bond donors (Lipinski definition) is 2. The molecule has 6 heteroatoms. The van der Waals surface area contributed by atoms with Gasteiger partial charge < -0.3 is 10.4 Å². The van der Waals surface area contributed by atoms with Crippen molar-refractivity contribution < 1.29 is 14.7 Å². The maximum Gasteiger partial charge on any atom is 0.326 e. The van der Waals surface area contributed by atoms with Crippen molar-refractivity contribution in [1.82, 2.24) is 0 Å². The minimum Gasteiger partial charge on any atom is -0.481 e. The Kier molecular flexibility index (Phi) is 6.78. The zero-order valence-corrected chi connectivity index (χ0v) is 20.3. The molecule has 35 heavy (non-hydrogen) atoms. The lowest BCUT2D eigenvalue weighted by Gasteiger charge is -2.28. The van der Waals surface area contributed by atoms with Crippen molar-refractivity contribution in [2.45, 2.75) is 44.4 Å². The third kappa shape index (κ3) is 5.20. The highest BCUT2D eigenvalue weighted by Crippen LogP contribution is 2.38. The average molecular weight is 489 g/mol. The van der Waals surface area contributed by atoms with E-state index in [2.05, 4.69) is 41.7 Å². The van der Waals surface area contributed by atoms with Crippen molar-refractivity contribution in [3.05, 3.63) is 82.9 Å². The van der Waals surface area contributed by atoms with Crippen LogP contribution in [0.1, 0.15) is 49.1 Å². The summed E-state index contributed by atoms with van der Waals surface area (Å²) in [5.41, 5.74) is 6.36. The van der Waals surface area contributed by atoms with E-state index in [0.29, 0.717) is 35.5 Å². The molecule has 2 amide bonds. The number of nitrogens with zero attached hydrogens (tertiary/aromatic N) is 1. The Bertz CT molecular complexity index is 1230. The zero-order valence-electron chi connectivity index (χ0n) is 19.5. The Hall–Kier alpha value is -3.31. The van der Waals surface area contributed by atoms with Crippen molar-refractivity contribution in [3.8, 4) is 11.1 Å². The van der Waals surface area contributed by atoms with Crippen LogP contribution >= 0.6 is 11.6 Å². The quantitative estimate of drug-likeness (QED) is 0.394. The zero-order chi connectivity index (χ0) is 24.4. The van der Waals surface area contributed by atoms with E-state index in [0.717, 1.165) is 54.5 Å². The molecule has 2 aliphatic rings. The molecule has 180 valence electrons. The second kappa shape index (κ2) is 10.1. The third-order valence-corrected chi connectivity index (χ3v) is 7.69. The number of halogens is 1. The van der Waals surface area contributed by atoms with Crippen LogP contribution in [0.3, 0.4) is 0 Å². The lowest BCUT2D eigenvalue weighted by Crippen LogP contribution is -2.33. The van der Waals surface area contributed by atoms with Crippen LogP contribution in [0, 0.1) is 5.92 Å². The van der Waals surface area contributed by atoms with E-state index in [1.165, 1.54) is 5.56 Å². The van der Waals surface area contributed by atoms with Gasteiger partial charge >= 0.3 is 12.0 Å². The maximum atomic E-state index is 12.9. The van der Waals surface area contributed by atoms with Crippen LogP contribution in [0.15, 0.2) is 66.7 Å². The fourth-order valence-corrected chi connectivity index (χ4v) is 5.62. The number of fused-ring (bicyclic) bond motifs is 1. The molecule has 5 rings (SSSR count). The molecule has 0 saturated heterocycles. The summed E-state index contributed by atoms with van der Waals surface area (Å²) in [6.07, 6.45) is 5.21. The monoisotopic (exact) mass is 488 g/mol. The summed E-state index contributed by atoms with van der Waals surface area (Å²) < 4.78 is 0. The van der Waals surface area contributed by atoms with Crippen LogP contribution in [0.5, 0.6) is 0 Å². The van der Waals surface area contributed by atoms with Gasteiger partial charge in [0.1, 0.15) is 0 Å². The summed E-state index contributed by atoms with van der Waals surface area (Å²) in [7, 11) is 0. The van der Waals surface area contributed by atoms with E-state index in [1.807, 2.05) is 18.2 Å². The lowest BCUT2D eigenvalue weighted by atomic mass is 9.77. The first-order valence-corrected chi connectivity index (χ1v) is 12.6. The number of para-hydroxylation sites is 1. The van der Waals surface area contributed by atoms with Crippen molar-refractivity contribution in [1.29, 1.82) is 0 Å². The molecule has 0 radical (unpaired) electrons. The first-order chi connectivity index (χ1) is 17.0. The van der Waals surface area contributed by atoms with Crippen LogP contribution in [0.25, 0.3) is 11.1 Å². The smallest absolute Gasteiger partial charge is 0.326 e. The van der Waals surface area contributed by atoms with Crippen molar-refractivity contribution >= 4 is 35.0 Å². The molecule has 0 bridgehead atoms. The molecule has 3 aromatic carbocycles. The number of urea groups is 1. The SMILES string of the molecule is O=C(O)C[C@H]1CC[C@H](c2ccc(-c3ccc4c(c3)CCN4C(=O)Nc3ccccc3Cl)cc2)CC1. The number of benzene rings is 3. The molecule has 0 unspecified atom stereocenters. The Morgan fingerprint density at radius 2 is 1.66 bits per heavy atom. The maximum absolute atomic E-state index is 12.9. The number of amides is 2. The minimum absolute atomic E-state index is 0.174. The first kappa shape index (κ1) is 23.4. The summed E-state index contributed by atoms with van der Waals surface area (Å²) in [5.74, 6) is 0.150. The number of hydrogen-bond acceptors (Lipinski definition) is 2. The van der Waals surface area contributed by atoms with Gasteiger partial charge in [0.05, 0.1) is 10.7 Å². The van der Waals surface area contributed by atoms with Gasteiger partial charge in [0.25, 0.3) is 0 Å². The third-order valence-electron chi connectivity index (χ3n) is 7.36. The Balaban J connectivity index is 1.25. The number of rotatable bonds is 5. The molecule has 5 nitrogen and oxygen atoms in total. The first-order valence-electron chi connectivity index (χ1n) is 12.3. The lowest BCUT2D eigenvalue weighted by molar-refractivity contribution is -0.138. The van der Waals surface area contributed by atoms with Crippen LogP contribution in [-0.4, -0.2) is 23.7 Å². The molecule has 1 heterocycles. The van der Waals surface area contributed by atoms with Gasteiger partial charge in [-0.25, -0.2) is 4.79 Å². The van der Waals surface area contributed by atoms with E-state index in [4.69, 9.17) is 16.7 Å². The highest BCUT2D eigenvalue weighted by atomic mass is 35.5. The number of aliphatic carboxylic acids is 1. The van der Waals surface area contributed by atoms with E-state index in [-0.39, 0.29) is 6.03 Å². The fourth-order valence-electron chi connectivity index (χ4n) is 5.43. The number of carbonyl (C=O) groups is 2.